The topological polar surface area (TPSA) is 3.24 Å². The number of benzene rings is 2. The van der Waals surface area contributed by atoms with E-state index in [0.717, 1.165) is 61.4 Å². The lowest BCUT2D eigenvalue weighted by atomic mass is 9.76. The van der Waals surface area contributed by atoms with Crippen molar-refractivity contribution >= 4 is 5.57 Å². The van der Waals surface area contributed by atoms with Gasteiger partial charge in [0.1, 0.15) is 5.82 Å². The predicted octanol–water partition coefficient (Wildman–Crippen LogP) is 8.38. The summed E-state index contributed by atoms with van der Waals surface area (Å²) in [6.07, 6.45) is 6.49. The van der Waals surface area contributed by atoms with Crippen LogP contribution in [0.25, 0.3) is 5.57 Å². The first-order valence-electron chi connectivity index (χ1n) is 13.2. The first kappa shape index (κ1) is 25.7. The van der Waals surface area contributed by atoms with Gasteiger partial charge in [0, 0.05) is 6.54 Å². The molecule has 3 unspecified atom stereocenters. The second kappa shape index (κ2) is 12.0. The molecule has 0 aromatic heterocycles. The van der Waals surface area contributed by atoms with Crippen LogP contribution in [0.1, 0.15) is 100.0 Å². The fraction of sp³-hybridized carbons (Fsp3) is 0.548. The SMILES string of the molecule is C=C(CCCN1CCC(C)C(c2cccc(CC)c2C(C)CC)C1)c1ccc(F)cc1CC. The molecule has 0 amide bonds. The minimum atomic E-state index is -0.152. The Bertz CT molecular complexity index is 931. The molecule has 0 N–H and O–H groups in total. The van der Waals surface area contributed by atoms with Gasteiger partial charge < -0.3 is 4.90 Å². The molecule has 1 aliphatic rings. The third-order valence-corrected chi connectivity index (χ3v) is 7.94. The number of piperidine rings is 1. The van der Waals surface area contributed by atoms with Crippen LogP contribution in [0.4, 0.5) is 4.39 Å². The van der Waals surface area contributed by atoms with Crippen molar-refractivity contribution in [1.29, 1.82) is 0 Å². The van der Waals surface area contributed by atoms with Gasteiger partial charge in [-0.3, -0.25) is 0 Å². The number of likely N-dealkylation sites (tertiary alicyclic amines) is 1. The van der Waals surface area contributed by atoms with Crippen LogP contribution in [0.3, 0.4) is 0 Å². The van der Waals surface area contributed by atoms with Crippen LogP contribution in [0.15, 0.2) is 43.0 Å². The van der Waals surface area contributed by atoms with Gasteiger partial charge in [0.25, 0.3) is 0 Å². The summed E-state index contributed by atoms with van der Waals surface area (Å²) in [6, 6.07) is 12.2. The van der Waals surface area contributed by atoms with Gasteiger partial charge in [0.2, 0.25) is 0 Å². The highest BCUT2D eigenvalue weighted by molar-refractivity contribution is 5.66. The number of nitrogens with zero attached hydrogens (tertiary/aromatic N) is 1. The summed E-state index contributed by atoms with van der Waals surface area (Å²) in [4.78, 5) is 2.67. The van der Waals surface area contributed by atoms with Crippen molar-refractivity contribution in [3.63, 3.8) is 0 Å². The molecule has 2 heteroatoms. The van der Waals surface area contributed by atoms with Crippen molar-refractivity contribution in [1.82, 2.24) is 4.90 Å². The number of hydrogen-bond donors (Lipinski definition) is 0. The molecule has 1 aliphatic heterocycles. The zero-order chi connectivity index (χ0) is 24.0. The summed E-state index contributed by atoms with van der Waals surface area (Å²) < 4.78 is 13.6. The minimum Gasteiger partial charge on any atom is -0.303 e. The van der Waals surface area contributed by atoms with Gasteiger partial charge in [0.05, 0.1) is 0 Å². The minimum absolute atomic E-state index is 0.152. The van der Waals surface area contributed by atoms with Gasteiger partial charge in [-0.05, 0) is 115 Å². The summed E-state index contributed by atoms with van der Waals surface area (Å²) in [5.74, 6) is 1.80. The molecule has 1 heterocycles. The predicted molar refractivity (Wildman–Crippen MR) is 142 cm³/mol. The van der Waals surface area contributed by atoms with Crippen LogP contribution >= 0.6 is 0 Å². The molecule has 2 aromatic rings. The summed E-state index contributed by atoms with van der Waals surface area (Å²) in [7, 11) is 0. The molecule has 180 valence electrons. The number of rotatable bonds is 10. The molecule has 1 nitrogen and oxygen atoms in total. The zero-order valence-electron chi connectivity index (χ0n) is 21.6. The fourth-order valence-corrected chi connectivity index (χ4v) is 5.66. The van der Waals surface area contributed by atoms with Gasteiger partial charge >= 0.3 is 0 Å². The van der Waals surface area contributed by atoms with E-state index in [9.17, 15) is 4.39 Å². The highest BCUT2D eigenvalue weighted by Gasteiger charge is 2.30. The Morgan fingerprint density at radius 2 is 1.88 bits per heavy atom. The van der Waals surface area contributed by atoms with Gasteiger partial charge in [-0.1, -0.05) is 65.5 Å². The lowest BCUT2D eigenvalue weighted by Gasteiger charge is -2.39. The summed E-state index contributed by atoms with van der Waals surface area (Å²) in [5.41, 5.74) is 8.11. The van der Waals surface area contributed by atoms with Crippen molar-refractivity contribution < 1.29 is 4.39 Å². The second-order valence-corrected chi connectivity index (χ2v) is 10.1. The van der Waals surface area contributed by atoms with E-state index in [-0.39, 0.29) is 5.82 Å². The summed E-state index contributed by atoms with van der Waals surface area (Å²) in [5, 5.41) is 0. The van der Waals surface area contributed by atoms with E-state index in [1.807, 2.05) is 6.07 Å². The number of aryl methyl sites for hydroxylation is 2. The third kappa shape index (κ3) is 6.15. The molecular formula is C31H44FN. The van der Waals surface area contributed by atoms with E-state index in [1.54, 1.807) is 23.3 Å². The monoisotopic (exact) mass is 449 g/mol. The molecule has 33 heavy (non-hydrogen) atoms. The van der Waals surface area contributed by atoms with E-state index in [0.29, 0.717) is 11.8 Å². The van der Waals surface area contributed by atoms with E-state index in [1.165, 1.54) is 24.9 Å². The average molecular weight is 450 g/mol. The molecule has 0 radical (unpaired) electrons. The smallest absolute Gasteiger partial charge is 0.123 e. The number of halogens is 1. The van der Waals surface area contributed by atoms with Crippen LogP contribution in [0.5, 0.6) is 0 Å². The van der Waals surface area contributed by atoms with Gasteiger partial charge in [0.15, 0.2) is 0 Å². The number of hydrogen-bond acceptors (Lipinski definition) is 1. The Kier molecular flexibility index (Phi) is 9.32. The van der Waals surface area contributed by atoms with Crippen LogP contribution in [-0.4, -0.2) is 24.5 Å². The average Bonchev–Trinajstić information content (AvgIpc) is 2.83. The molecule has 0 spiro atoms. The fourth-order valence-electron chi connectivity index (χ4n) is 5.66. The molecule has 2 aromatic carbocycles. The molecule has 3 rings (SSSR count). The Morgan fingerprint density at radius 3 is 2.58 bits per heavy atom. The van der Waals surface area contributed by atoms with E-state index < -0.39 is 0 Å². The molecule has 3 atom stereocenters. The third-order valence-electron chi connectivity index (χ3n) is 7.94. The largest absolute Gasteiger partial charge is 0.303 e. The highest BCUT2D eigenvalue weighted by Crippen LogP contribution is 2.39. The Balaban J connectivity index is 1.67. The molecular weight excluding hydrogens is 405 g/mol. The Labute approximate surface area is 202 Å². The maximum absolute atomic E-state index is 13.6. The van der Waals surface area contributed by atoms with Gasteiger partial charge in [-0.25, -0.2) is 4.39 Å². The van der Waals surface area contributed by atoms with E-state index in [4.69, 9.17) is 0 Å². The Morgan fingerprint density at radius 1 is 1.12 bits per heavy atom. The Hall–Kier alpha value is -1.93. The highest BCUT2D eigenvalue weighted by atomic mass is 19.1. The molecule has 0 saturated carbocycles. The molecule has 1 fully saturated rings. The molecule has 1 saturated heterocycles. The lowest BCUT2D eigenvalue weighted by Crippen LogP contribution is -2.39. The van der Waals surface area contributed by atoms with E-state index >= 15 is 0 Å². The maximum Gasteiger partial charge on any atom is 0.123 e. The molecule has 0 bridgehead atoms. The van der Waals surface area contributed by atoms with Gasteiger partial charge in [-0.15, -0.1) is 0 Å². The van der Waals surface area contributed by atoms with Crippen LogP contribution in [0, 0.1) is 11.7 Å². The number of allylic oxidation sites excluding steroid dienone is 1. The summed E-state index contributed by atoms with van der Waals surface area (Å²) >= 11 is 0. The molecule has 0 aliphatic carbocycles. The van der Waals surface area contributed by atoms with Crippen LogP contribution in [-0.2, 0) is 12.8 Å². The standard InChI is InChI=1S/C31H44FN/c1-7-22(4)31-25(8-2)13-10-14-29(31)30-21-33(19-17-24(30)6)18-11-12-23(5)28-16-15-27(32)20-26(28)9-3/h10,13-16,20,22,24,30H,5,7-9,11-12,17-19,21H2,1-4,6H3. The van der Waals surface area contributed by atoms with Gasteiger partial charge in [-0.2, -0.15) is 0 Å². The van der Waals surface area contributed by atoms with Crippen molar-refractivity contribution in [2.75, 3.05) is 19.6 Å². The second-order valence-electron chi connectivity index (χ2n) is 10.1. The van der Waals surface area contributed by atoms with Crippen LogP contribution < -0.4 is 0 Å². The lowest BCUT2D eigenvalue weighted by molar-refractivity contribution is 0.165. The first-order chi connectivity index (χ1) is 15.9. The normalized spacial score (nSPS) is 20.1. The maximum atomic E-state index is 13.6. The van der Waals surface area contributed by atoms with Crippen molar-refractivity contribution in [3.05, 3.63) is 76.6 Å². The first-order valence-corrected chi connectivity index (χ1v) is 13.2. The van der Waals surface area contributed by atoms with E-state index in [2.05, 4.69) is 64.3 Å². The quantitative estimate of drug-likeness (QED) is 0.352. The van der Waals surface area contributed by atoms with Crippen molar-refractivity contribution in [2.45, 2.75) is 85.0 Å². The summed E-state index contributed by atoms with van der Waals surface area (Å²) in [6.45, 7) is 19.3. The van der Waals surface area contributed by atoms with Crippen LogP contribution in [0.2, 0.25) is 0 Å². The zero-order valence-corrected chi connectivity index (χ0v) is 21.6. The van der Waals surface area contributed by atoms with Crippen molar-refractivity contribution in [2.24, 2.45) is 5.92 Å². The van der Waals surface area contributed by atoms with Crippen molar-refractivity contribution in [3.8, 4) is 0 Å².